The number of amides is 1. The molecule has 0 spiro atoms. The Morgan fingerprint density at radius 2 is 1.96 bits per heavy atom. The second kappa shape index (κ2) is 8.67. The Morgan fingerprint density at radius 1 is 1.22 bits per heavy atom. The number of ether oxygens (including phenoxy) is 1. The first-order chi connectivity index (χ1) is 11.1. The van der Waals surface area contributed by atoms with Crippen molar-refractivity contribution in [2.75, 3.05) is 25.0 Å². The number of esters is 1. The van der Waals surface area contributed by atoms with Gasteiger partial charge in [0.1, 0.15) is 0 Å². The Kier molecular flexibility index (Phi) is 6.59. The Labute approximate surface area is 138 Å². The number of nitrogens with zero attached hydrogens (tertiary/aromatic N) is 1. The summed E-state index contributed by atoms with van der Waals surface area (Å²) in [5, 5.41) is 2.90. The lowest BCUT2D eigenvalue weighted by atomic mass is 10.00. The van der Waals surface area contributed by atoms with Gasteiger partial charge in [0.2, 0.25) is 5.91 Å². The van der Waals surface area contributed by atoms with Crippen LogP contribution >= 0.6 is 0 Å². The quantitative estimate of drug-likeness (QED) is 0.819. The van der Waals surface area contributed by atoms with Crippen molar-refractivity contribution in [2.24, 2.45) is 0 Å². The smallest absolute Gasteiger partial charge is 0.338 e. The molecule has 126 valence electrons. The summed E-state index contributed by atoms with van der Waals surface area (Å²) in [6, 6.07) is 7.32. The van der Waals surface area contributed by atoms with Crippen LogP contribution in [0, 0.1) is 0 Å². The molecule has 0 aliphatic carbocycles. The summed E-state index contributed by atoms with van der Waals surface area (Å²) < 4.78 is 4.94. The van der Waals surface area contributed by atoms with Gasteiger partial charge in [-0.25, -0.2) is 4.79 Å². The molecule has 0 bridgehead atoms. The van der Waals surface area contributed by atoms with Gasteiger partial charge >= 0.3 is 5.97 Å². The Bertz CT molecular complexity index is 528. The van der Waals surface area contributed by atoms with E-state index in [0.29, 0.717) is 30.4 Å². The second-order valence-corrected chi connectivity index (χ2v) is 5.87. The largest absolute Gasteiger partial charge is 0.462 e. The average molecular weight is 318 g/mol. The lowest BCUT2D eigenvalue weighted by molar-refractivity contribution is -0.118. The molecule has 1 heterocycles. The molecule has 1 aliphatic rings. The van der Waals surface area contributed by atoms with Crippen molar-refractivity contribution < 1.29 is 14.3 Å². The van der Waals surface area contributed by atoms with Gasteiger partial charge in [-0.15, -0.1) is 0 Å². The van der Waals surface area contributed by atoms with Crippen LogP contribution in [0.1, 0.15) is 49.9 Å². The van der Waals surface area contributed by atoms with E-state index in [1.165, 1.54) is 12.8 Å². The van der Waals surface area contributed by atoms with Crippen LogP contribution in [0.5, 0.6) is 0 Å². The number of hydrogen-bond donors (Lipinski definition) is 1. The van der Waals surface area contributed by atoms with Crippen LogP contribution < -0.4 is 5.32 Å². The van der Waals surface area contributed by atoms with E-state index < -0.39 is 0 Å². The first kappa shape index (κ1) is 17.5. The minimum Gasteiger partial charge on any atom is -0.462 e. The van der Waals surface area contributed by atoms with Gasteiger partial charge < -0.3 is 10.1 Å². The van der Waals surface area contributed by atoms with Crippen molar-refractivity contribution in [3.63, 3.8) is 0 Å². The maximum Gasteiger partial charge on any atom is 0.338 e. The van der Waals surface area contributed by atoms with E-state index in [-0.39, 0.29) is 11.9 Å². The van der Waals surface area contributed by atoms with Crippen LogP contribution in [0.15, 0.2) is 24.3 Å². The van der Waals surface area contributed by atoms with Gasteiger partial charge in [0.05, 0.1) is 18.7 Å². The monoisotopic (exact) mass is 318 g/mol. The number of likely N-dealkylation sites (tertiary alicyclic amines) is 1. The summed E-state index contributed by atoms with van der Waals surface area (Å²) in [7, 11) is 0. The molecule has 1 saturated heterocycles. The van der Waals surface area contributed by atoms with E-state index in [0.717, 1.165) is 19.4 Å². The van der Waals surface area contributed by atoms with Crippen molar-refractivity contribution in [3.05, 3.63) is 29.8 Å². The van der Waals surface area contributed by atoms with Crippen molar-refractivity contribution in [1.29, 1.82) is 0 Å². The normalized spacial score (nSPS) is 18.4. The Balaban J connectivity index is 1.88. The van der Waals surface area contributed by atoms with Crippen molar-refractivity contribution in [3.8, 4) is 0 Å². The molecule has 1 unspecified atom stereocenters. The predicted molar refractivity (Wildman–Crippen MR) is 90.5 cm³/mol. The molecule has 0 aromatic heterocycles. The van der Waals surface area contributed by atoms with Gasteiger partial charge in [-0.3, -0.25) is 9.69 Å². The third kappa shape index (κ3) is 5.06. The number of hydrogen-bond acceptors (Lipinski definition) is 4. The standard InChI is InChI=1S/C18H26N2O3/c1-3-16-7-5-6-12-20(16)13-17(21)19-15-10-8-14(9-11-15)18(22)23-4-2/h8-11,16H,3-7,12-13H2,1-2H3,(H,19,21). The number of anilines is 1. The van der Waals surface area contributed by atoms with E-state index in [1.54, 1.807) is 31.2 Å². The summed E-state index contributed by atoms with van der Waals surface area (Å²) in [6.45, 7) is 5.73. The highest BCUT2D eigenvalue weighted by Gasteiger charge is 2.22. The van der Waals surface area contributed by atoms with Crippen LogP contribution in [0.4, 0.5) is 5.69 Å². The first-order valence-electron chi connectivity index (χ1n) is 8.45. The highest BCUT2D eigenvalue weighted by Crippen LogP contribution is 2.19. The number of benzene rings is 1. The van der Waals surface area contributed by atoms with E-state index in [4.69, 9.17) is 4.74 Å². The Morgan fingerprint density at radius 3 is 2.61 bits per heavy atom. The summed E-state index contributed by atoms with van der Waals surface area (Å²) in [4.78, 5) is 26.1. The first-order valence-corrected chi connectivity index (χ1v) is 8.45. The third-order valence-electron chi connectivity index (χ3n) is 4.25. The molecule has 2 rings (SSSR count). The SMILES string of the molecule is CCOC(=O)c1ccc(NC(=O)CN2CCCCC2CC)cc1. The summed E-state index contributed by atoms with van der Waals surface area (Å²) in [5.74, 6) is -0.348. The lowest BCUT2D eigenvalue weighted by Gasteiger charge is -2.34. The summed E-state index contributed by atoms with van der Waals surface area (Å²) in [6.07, 6.45) is 4.68. The van der Waals surface area contributed by atoms with Crippen LogP contribution in [0.3, 0.4) is 0 Å². The predicted octanol–water partition coefficient (Wildman–Crippen LogP) is 3.07. The number of nitrogens with one attached hydrogen (secondary N) is 1. The Hall–Kier alpha value is -1.88. The molecular formula is C18H26N2O3. The third-order valence-corrected chi connectivity index (χ3v) is 4.25. The number of piperidine rings is 1. The van der Waals surface area contributed by atoms with Gasteiger partial charge in [0.25, 0.3) is 0 Å². The van der Waals surface area contributed by atoms with E-state index in [1.807, 2.05) is 0 Å². The highest BCUT2D eigenvalue weighted by atomic mass is 16.5. The molecule has 1 amide bonds. The molecule has 1 atom stereocenters. The topological polar surface area (TPSA) is 58.6 Å². The molecule has 0 radical (unpaired) electrons. The highest BCUT2D eigenvalue weighted by molar-refractivity contribution is 5.94. The van der Waals surface area contributed by atoms with Crippen LogP contribution in [-0.4, -0.2) is 42.5 Å². The average Bonchev–Trinajstić information content (AvgIpc) is 2.56. The molecule has 1 fully saturated rings. The maximum atomic E-state index is 12.2. The summed E-state index contributed by atoms with van der Waals surface area (Å²) in [5.41, 5.74) is 1.19. The fraction of sp³-hybridized carbons (Fsp3) is 0.556. The van der Waals surface area contributed by atoms with E-state index in [9.17, 15) is 9.59 Å². The molecule has 0 saturated carbocycles. The molecule has 1 N–H and O–H groups in total. The molecular weight excluding hydrogens is 292 g/mol. The van der Waals surface area contributed by atoms with Crippen LogP contribution in [0.25, 0.3) is 0 Å². The molecule has 23 heavy (non-hydrogen) atoms. The molecule has 1 aliphatic heterocycles. The maximum absolute atomic E-state index is 12.2. The zero-order chi connectivity index (χ0) is 16.7. The lowest BCUT2D eigenvalue weighted by Crippen LogP contribution is -2.43. The van der Waals surface area contributed by atoms with Crippen molar-refractivity contribution in [1.82, 2.24) is 4.90 Å². The van der Waals surface area contributed by atoms with Crippen molar-refractivity contribution >= 4 is 17.6 Å². The minimum atomic E-state index is -0.343. The van der Waals surface area contributed by atoms with Gasteiger partial charge in [0.15, 0.2) is 0 Å². The molecule has 1 aromatic rings. The molecule has 1 aromatic carbocycles. The van der Waals surface area contributed by atoms with Crippen molar-refractivity contribution in [2.45, 2.75) is 45.6 Å². The molecule has 5 nitrogen and oxygen atoms in total. The van der Waals surface area contributed by atoms with Gasteiger partial charge in [0, 0.05) is 11.7 Å². The van der Waals surface area contributed by atoms with E-state index in [2.05, 4.69) is 17.1 Å². The van der Waals surface area contributed by atoms with Gasteiger partial charge in [-0.2, -0.15) is 0 Å². The fourth-order valence-electron chi connectivity index (χ4n) is 3.02. The van der Waals surface area contributed by atoms with Crippen LogP contribution in [0.2, 0.25) is 0 Å². The summed E-state index contributed by atoms with van der Waals surface area (Å²) >= 11 is 0. The zero-order valence-corrected chi connectivity index (χ0v) is 14.0. The number of carbonyl (C=O) groups is 2. The minimum absolute atomic E-state index is 0.00534. The zero-order valence-electron chi connectivity index (χ0n) is 14.0. The fourth-order valence-corrected chi connectivity index (χ4v) is 3.02. The second-order valence-electron chi connectivity index (χ2n) is 5.87. The van der Waals surface area contributed by atoms with Crippen LogP contribution in [-0.2, 0) is 9.53 Å². The van der Waals surface area contributed by atoms with Gasteiger partial charge in [-0.1, -0.05) is 13.3 Å². The van der Waals surface area contributed by atoms with E-state index >= 15 is 0 Å². The van der Waals surface area contributed by atoms with Gasteiger partial charge in [-0.05, 0) is 57.0 Å². The number of rotatable bonds is 6. The number of carbonyl (C=O) groups excluding carboxylic acids is 2. The molecule has 5 heteroatoms.